The zero-order chi connectivity index (χ0) is 14.8. The molecule has 0 aromatic carbocycles. The SMILES string of the molecule is CC(C)(C)c1cc(C(=O)OCC2CCCC2)cc(Cl)n1. The Morgan fingerprint density at radius 3 is 2.60 bits per heavy atom. The van der Waals surface area contributed by atoms with Crippen LogP contribution >= 0.6 is 11.6 Å². The summed E-state index contributed by atoms with van der Waals surface area (Å²) in [6.45, 7) is 6.64. The molecule has 0 atom stereocenters. The molecule has 4 heteroatoms. The van der Waals surface area contributed by atoms with Crippen LogP contribution in [0, 0.1) is 5.92 Å². The zero-order valence-electron chi connectivity index (χ0n) is 12.4. The standard InChI is InChI=1S/C16H22ClNO2/c1-16(2,3)13-8-12(9-14(17)18-13)15(19)20-10-11-6-4-5-7-11/h8-9,11H,4-7,10H2,1-3H3. The van der Waals surface area contributed by atoms with Gasteiger partial charge in [0.05, 0.1) is 12.2 Å². The fourth-order valence-corrected chi connectivity index (χ4v) is 2.66. The highest BCUT2D eigenvalue weighted by molar-refractivity contribution is 6.29. The minimum absolute atomic E-state index is 0.147. The van der Waals surface area contributed by atoms with Gasteiger partial charge in [0.15, 0.2) is 0 Å². The van der Waals surface area contributed by atoms with Gasteiger partial charge in [-0.1, -0.05) is 45.2 Å². The van der Waals surface area contributed by atoms with Crippen LogP contribution in [-0.4, -0.2) is 17.6 Å². The minimum Gasteiger partial charge on any atom is -0.462 e. The Labute approximate surface area is 125 Å². The Morgan fingerprint density at radius 1 is 1.35 bits per heavy atom. The summed E-state index contributed by atoms with van der Waals surface area (Å²) in [7, 11) is 0. The first-order chi connectivity index (χ1) is 9.36. The number of carbonyl (C=O) groups excluding carboxylic acids is 1. The maximum atomic E-state index is 12.1. The molecular weight excluding hydrogens is 274 g/mol. The van der Waals surface area contributed by atoms with Gasteiger partial charge in [0.1, 0.15) is 5.15 Å². The number of aromatic nitrogens is 1. The predicted molar refractivity (Wildman–Crippen MR) is 80.2 cm³/mol. The van der Waals surface area contributed by atoms with Crippen LogP contribution in [0.25, 0.3) is 0 Å². The molecule has 1 fully saturated rings. The lowest BCUT2D eigenvalue weighted by Crippen LogP contribution is -2.17. The molecule has 0 spiro atoms. The normalized spacial score (nSPS) is 16.4. The second kappa shape index (κ2) is 6.13. The maximum absolute atomic E-state index is 12.1. The lowest BCUT2D eigenvalue weighted by Gasteiger charge is -2.18. The number of hydrogen-bond donors (Lipinski definition) is 0. The second-order valence-corrected chi connectivity index (χ2v) is 6.95. The Balaban J connectivity index is 2.07. The van der Waals surface area contributed by atoms with Crippen LogP contribution in [0.1, 0.15) is 62.5 Å². The van der Waals surface area contributed by atoms with Gasteiger partial charge in [-0.2, -0.15) is 0 Å². The summed E-state index contributed by atoms with van der Waals surface area (Å²) < 4.78 is 5.41. The molecule has 1 aliphatic carbocycles. The van der Waals surface area contributed by atoms with Crippen molar-refractivity contribution in [1.29, 1.82) is 0 Å². The fraction of sp³-hybridized carbons (Fsp3) is 0.625. The van der Waals surface area contributed by atoms with Crippen LogP contribution < -0.4 is 0 Å². The number of rotatable bonds is 3. The Morgan fingerprint density at radius 2 is 2.00 bits per heavy atom. The Kier molecular flexibility index (Phi) is 4.69. The van der Waals surface area contributed by atoms with E-state index < -0.39 is 0 Å². The van der Waals surface area contributed by atoms with Crippen LogP contribution in [-0.2, 0) is 10.2 Å². The van der Waals surface area contributed by atoms with Gasteiger partial charge in [-0.3, -0.25) is 0 Å². The number of halogens is 1. The van der Waals surface area contributed by atoms with Crippen molar-refractivity contribution in [2.75, 3.05) is 6.61 Å². The first-order valence-corrected chi connectivity index (χ1v) is 7.59. The highest BCUT2D eigenvalue weighted by Crippen LogP contribution is 2.26. The van der Waals surface area contributed by atoms with E-state index in [0.29, 0.717) is 23.2 Å². The summed E-state index contributed by atoms with van der Waals surface area (Å²) in [6, 6.07) is 3.36. The van der Waals surface area contributed by atoms with Gasteiger partial charge in [-0.25, -0.2) is 9.78 Å². The van der Waals surface area contributed by atoms with E-state index in [1.54, 1.807) is 12.1 Å². The molecule has 1 aromatic rings. The summed E-state index contributed by atoms with van der Waals surface area (Å²) in [5.41, 5.74) is 1.15. The largest absolute Gasteiger partial charge is 0.462 e. The number of nitrogens with zero attached hydrogens (tertiary/aromatic N) is 1. The zero-order valence-corrected chi connectivity index (χ0v) is 13.2. The molecule has 3 nitrogen and oxygen atoms in total. The van der Waals surface area contributed by atoms with Gasteiger partial charge < -0.3 is 4.74 Å². The average molecular weight is 296 g/mol. The van der Waals surface area contributed by atoms with E-state index in [2.05, 4.69) is 4.98 Å². The van der Waals surface area contributed by atoms with Gasteiger partial charge in [0.2, 0.25) is 0 Å². The molecule has 0 N–H and O–H groups in total. The molecule has 0 aliphatic heterocycles. The topological polar surface area (TPSA) is 39.2 Å². The van der Waals surface area contributed by atoms with Crippen molar-refractivity contribution in [1.82, 2.24) is 4.98 Å². The molecule has 0 amide bonds. The number of hydrogen-bond acceptors (Lipinski definition) is 3. The van der Waals surface area contributed by atoms with Crippen molar-refractivity contribution in [3.8, 4) is 0 Å². The molecule has 0 saturated heterocycles. The third kappa shape index (κ3) is 3.95. The van der Waals surface area contributed by atoms with Crippen LogP contribution in [0.4, 0.5) is 0 Å². The Bertz CT molecular complexity index is 488. The van der Waals surface area contributed by atoms with Crippen molar-refractivity contribution in [2.45, 2.75) is 51.9 Å². The summed E-state index contributed by atoms with van der Waals surface area (Å²) in [5.74, 6) is 0.227. The van der Waals surface area contributed by atoms with E-state index in [0.717, 1.165) is 18.5 Å². The number of carbonyl (C=O) groups is 1. The molecule has 1 aliphatic rings. The summed E-state index contributed by atoms with van der Waals surface area (Å²) >= 11 is 6.01. The van der Waals surface area contributed by atoms with E-state index >= 15 is 0 Å². The van der Waals surface area contributed by atoms with Gasteiger partial charge in [0, 0.05) is 11.1 Å². The second-order valence-electron chi connectivity index (χ2n) is 6.56. The summed E-state index contributed by atoms with van der Waals surface area (Å²) in [5, 5.41) is 0.338. The minimum atomic E-state index is -0.299. The van der Waals surface area contributed by atoms with Crippen molar-refractivity contribution < 1.29 is 9.53 Å². The van der Waals surface area contributed by atoms with Crippen LogP contribution in [0.5, 0.6) is 0 Å². The molecule has 0 unspecified atom stereocenters. The first kappa shape index (κ1) is 15.3. The molecule has 20 heavy (non-hydrogen) atoms. The monoisotopic (exact) mass is 295 g/mol. The predicted octanol–water partition coefficient (Wildman–Crippen LogP) is 4.38. The van der Waals surface area contributed by atoms with E-state index in [4.69, 9.17) is 16.3 Å². The lowest BCUT2D eigenvalue weighted by molar-refractivity contribution is 0.0442. The van der Waals surface area contributed by atoms with Crippen molar-refractivity contribution in [2.24, 2.45) is 5.92 Å². The maximum Gasteiger partial charge on any atom is 0.338 e. The fourth-order valence-electron chi connectivity index (χ4n) is 2.45. The third-order valence-corrected chi connectivity index (χ3v) is 3.92. The van der Waals surface area contributed by atoms with Crippen LogP contribution in [0.3, 0.4) is 0 Å². The third-order valence-electron chi connectivity index (χ3n) is 3.72. The molecule has 110 valence electrons. The molecular formula is C16H22ClNO2. The number of pyridine rings is 1. The van der Waals surface area contributed by atoms with Crippen LogP contribution in [0.2, 0.25) is 5.15 Å². The van der Waals surface area contributed by atoms with Gasteiger partial charge in [0.25, 0.3) is 0 Å². The van der Waals surface area contributed by atoms with Crippen molar-refractivity contribution >= 4 is 17.6 Å². The molecule has 2 rings (SSSR count). The van der Waals surface area contributed by atoms with Crippen molar-refractivity contribution in [3.63, 3.8) is 0 Å². The molecule has 0 bridgehead atoms. The molecule has 1 aromatic heterocycles. The quantitative estimate of drug-likeness (QED) is 0.613. The van der Waals surface area contributed by atoms with Crippen LogP contribution in [0.15, 0.2) is 12.1 Å². The first-order valence-electron chi connectivity index (χ1n) is 7.21. The molecule has 1 saturated carbocycles. The average Bonchev–Trinajstić information content (AvgIpc) is 2.87. The van der Waals surface area contributed by atoms with Gasteiger partial charge >= 0.3 is 5.97 Å². The van der Waals surface area contributed by atoms with E-state index in [1.807, 2.05) is 20.8 Å². The number of ether oxygens (including phenoxy) is 1. The summed E-state index contributed by atoms with van der Waals surface area (Å²) in [4.78, 5) is 16.4. The van der Waals surface area contributed by atoms with E-state index in [1.165, 1.54) is 12.8 Å². The van der Waals surface area contributed by atoms with Crippen molar-refractivity contribution in [3.05, 3.63) is 28.5 Å². The number of esters is 1. The van der Waals surface area contributed by atoms with E-state index in [-0.39, 0.29) is 11.4 Å². The lowest BCUT2D eigenvalue weighted by atomic mass is 9.91. The van der Waals surface area contributed by atoms with Gasteiger partial charge in [-0.15, -0.1) is 0 Å². The van der Waals surface area contributed by atoms with E-state index in [9.17, 15) is 4.79 Å². The highest BCUT2D eigenvalue weighted by Gasteiger charge is 2.21. The summed E-state index contributed by atoms with van der Waals surface area (Å²) in [6.07, 6.45) is 4.82. The molecule has 1 heterocycles. The van der Waals surface area contributed by atoms with Gasteiger partial charge in [-0.05, 0) is 30.9 Å². The smallest absolute Gasteiger partial charge is 0.338 e. The molecule has 0 radical (unpaired) electrons. The Hall–Kier alpha value is -1.09. The highest BCUT2D eigenvalue weighted by atomic mass is 35.5.